The van der Waals surface area contributed by atoms with Gasteiger partial charge in [-0.1, -0.05) is 44.2 Å². The Morgan fingerprint density at radius 3 is 2.66 bits per heavy atom. The van der Waals surface area contributed by atoms with Crippen LogP contribution in [0.25, 0.3) is 0 Å². The first-order valence-electron chi connectivity index (χ1n) is 13.3. The molecule has 208 valence electrons. The average Bonchev–Trinajstić information content (AvgIpc) is 2.95. The van der Waals surface area contributed by atoms with Gasteiger partial charge in [-0.15, -0.1) is 0 Å². The quantitative estimate of drug-likeness (QED) is 0.331. The molecular weight excluding hydrogens is 488 g/mol. The van der Waals surface area contributed by atoms with Crippen LogP contribution in [0.1, 0.15) is 62.5 Å². The summed E-state index contributed by atoms with van der Waals surface area (Å²) in [6.07, 6.45) is 3.40. The van der Waals surface area contributed by atoms with Crippen LogP contribution < -0.4 is 10.1 Å². The van der Waals surface area contributed by atoms with Gasteiger partial charge in [0.2, 0.25) is 0 Å². The number of carbonyl (C=O) groups excluding carboxylic acids is 2. The van der Waals surface area contributed by atoms with Crippen LogP contribution in [-0.4, -0.2) is 66.6 Å². The number of nitrogens with zero attached hydrogens (tertiary/aromatic N) is 1. The van der Waals surface area contributed by atoms with Crippen LogP contribution in [0.2, 0.25) is 0 Å². The zero-order valence-corrected chi connectivity index (χ0v) is 22.7. The lowest BCUT2D eigenvalue weighted by Crippen LogP contribution is -2.46. The van der Waals surface area contributed by atoms with Crippen LogP contribution >= 0.6 is 0 Å². The highest BCUT2D eigenvalue weighted by molar-refractivity contribution is 5.97. The normalized spacial score (nSPS) is 22.2. The Balaban J connectivity index is 1.67. The maximum atomic E-state index is 13.1. The van der Waals surface area contributed by atoms with Gasteiger partial charge in [-0.05, 0) is 50.5 Å². The van der Waals surface area contributed by atoms with E-state index in [-0.39, 0.29) is 23.3 Å². The number of methoxy groups -OCH3 is 1. The molecule has 0 unspecified atom stereocenters. The third-order valence-corrected chi connectivity index (χ3v) is 6.43. The number of hydrogen-bond donors (Lipinski definition) is 2. The lowest BCUT2D eigenvalue weighted by Gasteiger charge is -2.31. The van der Waals surface area contributed by atoms with Gasteiger partial charge in [0.05, 0.1) is 13.2 Å². The first kappa shape index (κ1) is 29.4. The Labute approximate surface area is 224 Å². The van der Waals surface area contributed by atoms with Crippen molar-refractivity contribution in [3.63, 3.8) is 0 Å². The second-order valence-electron chi connectivity index (χ2n) is 10.00. The summed E-state index contributed by atoms with van der Waals surface area (Å²) in [7, 11) is 1.38. The summed E-state index contributed by atoms with van der Waals surface area (Å²) in [6, 6.07) is 10.8. The number of ether oxygens (including phenoxy) is 4. The van der Waals surface area contributed by atoms with E-state index in [1.54, 1.807) is 6.92 Å². The average molecular weight is 529 g/mol. The molecule has 0 aliphatic carbocycles. The smallest absolute Gasteiger partial charge is 0.329 e. The minimum Gasteiger partial charge on any atom is -0.503 e. The standard InChI is InChI=1S/C29H40N2O7/c1-19(2)18-37-24-14-8-13-22(31-28(33)25-26(32)23(35-4)15-16-30-25)29(34)38-20(3)27(24)36-17-9-12-21-10-6-5-7-11-21/h5-7,10-11,15-16,19-20,22,24,27,32H,8-9,12-14,17-18H2,1-4H3,(H,31,33)/t20-,22-,24-,27-/m0/s1. The number of aromatic hydroxyl groups is 1. The molecular formula is C29H40N2O7. The summed E-state index contributed by atoms with van der Waals surface area (Å²) >= 11 is 0. The first-order valence-corrected chi connectivity index (χ1v) is 13.3. The topological polar surface area (TPSA) is 116 Å². The zero-order chi connectivity index (χ0) is 27.5. The molecule has 0 bridgehead atoms. The molecule has 0 spiro atoms. The van der Waals surface area contributed by atoms with Gasteiger partial charge in [0.15, 0.2) is 17.2 Å². The fraction of sp³-hybridized carbons (Fsp3) is 0.552. The third kappa shape index (κ3) is 8.43. The van der Waals surface area contributed by atoms with Crippen LogP contribution in [0.5, 0.6) is 11.5 Å². The largest absolute Gasteiger partial charge is 0.503 e. The molecule has 4 atom stereocenters. The van der Waals surface area contributed by atoms with Crippen LogP contribution in [0.15, 0.2) is 42.6 Å². The maximum absolute atomic E-state index is 13.1. The first-order chi connectivity index (χ1) is 18.3. The molecule has 1 saturated heterocycles. The van der Waals surface area contributed by atoms with E-state index in [9.17, 15) is 14.7 Å². The molecule has 1 fully saturated rings. The summed E-state index contributed by atoms with van der Waals surface area (Å²) in [4.78, 5) is 29.9. The van der Waals surface area contributed by atoms with Gasteiger partial charge in [-0.3, -0.25) is 4.79 Å². The number of aryl methyl sites for hydroxylation is 1. The van der Waals surface area contributed by atoms with Crippen molar-refractivity contribution in [3.05, 3.63) is 53.9 Å². The number of nitrogens with one attached hydrogen (secondary N) is 1. The molecule has 1 aromatic heterocycles. The van der Waals surface area contributed by atoms with Crippen molar-refractivity contribution < 1.29 is 33.6 Å². The highest BCUT2D eigenvalue weighted by Gasteiger charge is 2.36. The number of benzene rings is 1. The highest BCUT2D eigenvalue weighted by Crippen LogP contribution is 2.28. The number of rotatable bonds is 11. The number of amides is 1. The summed E-state index contributed by atoms with van der Waals surface area (Å²) < 4.78 is 23.4. The summed E-state index contributed by atoms with van der Waals surface area (Å²) in [5, 5.41) is 13.0. The molecule has 2 heterocycles. The van der Waals surface area contributed by atoms with Crippen molar-refractivity contribution in [2.45, 2.75) is 77.2 Å². The van der Waals surface area contributed by atoms with E-state index in [1.165, 1.54) is 24.9 Å². The maximum Gasteiger partial charge on any atom is 0.329 e. The van der Waals surface area contributed by atoms with Crippen molar-refractivity contribution in [2.24, 2.45) is 5.92 Å². The lowest BCUT2D eigenvalue weighted by molar-refractivity contribution is -0.168. The molecule has 2 N–H and O–H groups in total. The Bertz CT molecular complexity index is 1030. The highest BCUT2D eigenvalue weighted by atomic mass is 16.6. The predicted octanol–water partition coefficient (Wildman–Crippen LogP) is 4.07. The summed E-state index contributed by atoms with van der Waals surface area (Å²) in [5.74, 6) is -1.17. The van der Waals surface area contributed by atoms with Gasteiger partial charge in [0, 0.05) is 25.5 Å². The molecule has 9 nitrogen and oxygen atoms in total. The number of cyclic esters (lactones) is 1. The molecule has 2 aromatic rings. The van der Waals surface area contributed by atoms with Gasteiger partial charge >= 0.3 is 5.97 Å². The second-order valence-corrected chi connectivity index (χ2v) is 10.00. The number of hydrogen-bond acceptors (Lipinski definition) is 8. The number of esters is 1. The molecule has 3 rings (SSSR count). The van der Waals surface area contributed by atoms with Crippen molar-refractivity contribution in [3.8, 4) is 11.5 Å². The molecule has 1 aromatic carbocycles. The van der Waals surface area contributed by atoms with Crippen molar-refractivity contribution in [1.82, 2.24) is 10.3 Å². The van der Waals surface area contributed by atoms with E-state index >= 15 is 0 Å². The van der Waals surface area contributed by atoms with Crippen molar-refractivity contribution in [1.29, 1.82) is 0 Å². The summed E-state index contributed by atoms with van der Waals surface area (Å²) in [5.41, 5.74) is 1.02. The predicted molar refractivity (Wildman–Crippen MR) is 142 cm³/mol. The monoisotopic (exact) mass is 528 g/mol. The summed E-state index contributed by atoms with van der Waals surface area (Å²) in [6.45, 7) is 7.04. The van der Waals surface area contributed by atoms with Crippen molar-refractivity contribution in [2.75, 3.05) is 20.3 Å². The van der Waals surface area contributed by atoms with E-state index in [0.717, 1.165) is 12.8 Å². The second kappa shape index (κ2) is 14.7. The van der Waals surface area contributed by atoms with E-state index in [1.807, 2.05) is 18.2 Å². The minimum atomic E-state index is -0.903. The van der Waals surface area contributed by atoms with Gasteiger partial charge in [-0.25, -0.2) is 9.78 Å². The van der Waals surface area contributed by atoms with Crippen LogP contribution in [0.3, 0.4) is 0 Å². The van der Waals surface area contributed by atoms with Gasteiger partial charge in [0.25, 0.3) is 5.91 Å². The number of pyridine rings is 1. The number of carbonyl (C=O) groups is 2. The van der Waals surface area contributed by atoms with Gasteiger partial charge in [-0.2, -0.15) is 0 Å². The molecule has 1 aliphatic rings. The molecule has 9 heteroatoms. The Morgan fingerprint density at radius 2 is 1.95 bits per heavy atom. The Kier molecular flexibility index (Phi) is 11.4. The van der Waals surface area contributed by atoms with Crippen LogP contribution in [0, 0.1) is 5.92 Å². The van der Waals surface area contributed by atoms with Crippen LogP contribution in [-0.2, 0) is 25.4 Å². The van der Waals surface area contributed by atoms with Crippen LogP contribution in [0.4, 0.5) is 0 Å². The van der Waals surface area contributed by atoms with Crippen molar-refractivity contribution >= 4 is 11.9 Å². The molecule has 1 aliphatic heterocycles. The fourth-order valence-corrected chi connectivity index (χ4v) is 4.44. The van der Waals surface area contributed by atoms with E-state index < -0.39 is 30.1 Å². The molecule has 0 radical (unpaired) electrons. The third-order valence-electron chi connectivity index (χ3n) is 6.43. The minimum absolute atomic E-state index is 0.119. The van der Waals surface area contributed by atoms with E-state index in [0.29, 0.717) is 38.4 Å². The van der Waals surface area contributed by atoms with Gasteiger partial charge < -0.3 is 29.4 Å². The molecule has 38 heavy (non-hydrogen) atoms. The van der Waals surface area contributed by atoms with E-state index in [2.05, 4.69) is 36.3 Å². The van der Waals surface area contributed by atoms with Gasteiger partial charge in [0.1, 0.15) is 18.2 Å². The molecule has 0 saturated carbocycles. The molecule has 1 amide bonds. The lowest BCUT2D eigenvalue weighted by atomic mass is 10.0. The number of aromatic nitrogens is 1. The SMILES string of the molecule is COc1ccnc(C(=O)N[C@H]2CCC[C@H](OCC(C)C)[C@@H](OCCCc3ccccc3)[C@H](C)OC2=O)c1O. The fourth-order valence-electron chi connectivity index (χ4n) is 4.44. The Hall–Kier alpha value is -3.17. The van der Waals surface area contributed by atoms with E-state index in [4.69, 9.17) is 18.9 Å². The zero-order valence-electron chi connectivity index (χ0n) is 22.7. The Morgan fingerprint density at radius 1 is 1.18 bits per heavy atom.